The van der Waals surface area contributed by atoms with Crippen LogP contribution < -0.4 is 20.3 Å². The Labute approximate surface area is 229 Å². The third-order valence-electron chi connectivity index (χ3n) is 6.13. The molecule has 0 radical (unpaired) electrons. The van der Waals surface area contributed by atoms with Gasteiger partial charge in [-0.3, -0.25) is 19.3 Å². The van der Waals surface area contributed by atoms with Crippen molar-refractivity contribution in [2.45, 2.75) is 44.9 Å². The van der Waals surface area contributed by atoms with Crippen LogP contribution in [0.5, 0.6) is 5.75 Å². The summed E-state index contributed by atoms with van der Waals surface area (Å²) >= 11 is 1.17. The van der Waals surface area contributed by atoms with Gasteiger partial charge in [0.05, 0.1) is 24.1 Å². The molecule has 3 rings (SSSR count). The molecule has 1 atom stereocenters. The Morgan fingerprint density at radius 3 is 2.36 bits per heavy atom. The van der Waals surface area contributed by atoms with Gasteiger partial charge in [0.1, 0.15) is 11.8 Å². The average Bonchev–Trinajstić information content (AvgIpc) is 3.44. The fourth-order valence-corrected chi connectivity index (χ4v) is 4.36. The van der Waals surface area contributed by atoms with Crippen LogP contribution in [0.2, 0.25) is 0 Å². The van der Waals surface area contributed by atoms with Gasteiger partial charge >= 0.3 is 6.18 Å². The molecule has 39 heavy (non-hydrogen) atoms. The number of benzene rings is 2. The van der Waals surface area contributed by atoms with Crippen LogP contribution in [0.4, 0.5) is 18.9 Å². The van der Waals surface area contributed by atoms with Crippen LogP contribution in [-0.2, 0) is 15.8 Å². The summed E-state index contributed by atoms with van der Waals surface area (Å²) < 4.78 is 46.2. The first kappa shape index (κ1) is 29.7. The summed E-state index contributed by atoms with van der Waals surface area (Å²) in [6.07, 6.45) is -4.13. The van der Waals surface area contributed by atoms with Gasteiger partial charge in [-0.1, -0.05) is 31.2 Å². The van der Waals surface area contributed by atoms with Crippen LogP contribution in [0.3, 0.4) is 0 Å². The Morgan fingerprint density at radius 2 is 1.74 bits per heavy atom. The van der Waals surface area contributed by atoms with E-state index >= 15 is 0 Å². The van der Waals surface area contributed by atoms with Crippen LogP contribution in [0.1, 0.15) is 54.0 Å². The first-order valence-electron chi connectivity index (χ1n) is 12.1. The van der Waals surface area contributed by atoms with Crippen LogP contribution >= 0.6 is 11.3 Å². The van der Waals surface area contributed by atoms with E-state index in [4.69, 9.17) is 4.74 Å². The molecule has 0 unspecified atom stereocenters. The van der Waals surface area contributed by atoms with Gasteiger partial charge in [0.15, 0.2) is 0 Å². The molecular weight excluding hydrogens is 531 g/mol. The SMILES string of the molecule is CCC(C)(C)NC(=O)[C@@H](c1cccc(OC)c1)N(C(=O)CNC(=O)c1cccs1)c1cccc(C(F)(F)F)c1. The smallest absolute Gasteiger partial charge is 0.416 e. The minimum atomic E-state index is -4.68. The van der Waals surface area contributed by atoms with Crippen molar-refractivity contribution in [3.05, 3.63) is 82.0 Å². The van der Waals surface area contributed by atoms with Crippen LogP contribution in [-0.4, -0.2) is 36.9 Å². The van der Waals surface area contributed by atoms with Gasteiger partial charge in [-0.15, -0.1) is 11.3 Å². The number of nitrogens with zero attached hydrogens (tertiary/aromatic N) is 1. The van der Waals surface area contributed by atoms with Crippen LogP contribution in [0.15, 0.2) is 66.0 Å². The van der Waals surface area contributed by atoms with Gasteiger partial charge in [0.2, 0.25) is 11.8 Å². The predicted octanol–water partition coefficient (Wildman–Crippen LogP) is 5.58. The standard InChI is InChI=1S/C28H30F3N3O4S/c1-5-27(2,3)33-26(37)24(18-9-6-12-21(15-18)38-4)34(20-11-7-10-19(16-20)28(29,30)31)23(35)17-32-25(36)22-13-8-14-39-22/h6-16,24H,5,17H2,1-4H3,(H,32,36)(H,33,37)/t24-/m1/s1. The number of amides is 3. The summed E-state index contributed by atoms with van der Waals surface area (Å²) in [6.45, 7) is 4.91. The molecule has 0 spiro atoms. The molecule has 0 aliphatic rings. The van der Waals surface area contributed by atoms with Gasteiger partial charge in [-0.25, -0.2) is 0 Å². The number of methoxy groups -OCH3 is 1. The second kappa shape index (κ2) is 12.3. The topological polar surface area (TPSA) is 87.7 Å². The molecule has 0 aliphatic carbocycles. The Bertz CT molecular complexity index is 1310. The lowest BCUT2D eigenvalue weighted by atomic mass is 9.98. The van der Waals surface area contributed by atoms with E-state index in [1.54, 1.807) is 55.6 Å². The molecule has 1 heterocycles. The number of halogens is 3. The average molecular weight is 562 g/mol. The van der Waals surface area contributed by atoms with Crippen molar-refractivity contribution in [1.29, 1.82) is 0 Å². The van der Waals surface area contributed by atoms with Crippen molar-refractivity contribution in [3.8, 4) is 5.75 Å². The summed E-state index contributed by atoms with van der Waals surface area (Å²) in [5.41, 5.74) is -1.50. The zero-order valence-electron chi connectivity index (χ0n) is 22.0. The number of anilines is 1. The molecule has 0 aliphatic heterocycles. The molecule has 11 heteroatoms. The maximum atomic E-state index is 13.8. The number of ether oxygens (including phenoxy) is 1. The number of alkyl halides is 3. The van der Waals surface area contributed by atoms with E-state index in [1.807, 2.05) is 6.92 Å². The van der Waals surface area contributed by atoms with E-state index in [2.05, 4.69) is 10.6 Å². The van der Waals surface area contributed by atoms with E-state index in [-0.39, 0.29) is 5.69 Å². The van der Waals surface area contributed by atoms with Gasteiger partial charge < -0.3 is 15.4 Å². The molecular formula is C28H30F3N3O4S. The fourth-order valence-electron chi connectivity index (χ4n) is 3.72. The highest BCUT2D eigenvalue weighted by Crippen LogP contribution is 2.35. The van der Waals surface area contributed by atoms with E-state index in [1.165, 1.54) is 30.6 Å². The van der Waals surface area contributed by atoms with E-state index in [0.717, 1.165) is 17.0 Å². The number of hydrogen-bond donors (Lipinski definition) is 2. The summed E-state index contributed by atoms with van der Waals surface area (Å²) in [4.78, 5) is 41.4. The zero-order valence-corrected chi connectivity index (χ0v) is 22.8. The number of hydrogen-bond acceptors (Lipinski definition) is 5. The lowest BCUT2D eigenvalue weighted by Gasteiger charge is -2.35. The normalized spacial score (nSPS) is 12.4. The third-order valence-corrected chi connectivity index (χ3v) is 7.00. The second-order valence-corrected chi connectivity index (χ2v) is 10.3. The molecule has 3 amide bonds. The van der Waals surface area contributed by atoms with Crippen molar-refractivity contribution in [1.82, 2.24) is 10.6 Å². The predicted molar refractivity (Wildman–Crippen MR) is 144 cm³/mol. The Hall–Kier alpha value is -3.86. The monoisotopic (exact) mass is 561 g/mol. The number of nitrogens with one attached hydrogen (secondary N) is 2. The number of rotatable bonds is 10. The van der Waals surface area contributed by atoms with Crippen molar-refractivity contribution in [2.24, 2.45) is 0 Å². The summed E-state index contributed by atoms with van der Waals surface area (Å²) in [7, 11) is 1.43. The summed E-state index contributed by atoms with van der Waals surface area (Å²) in [5, 5.41) is 7.11. The minimum absolute atomic E-state index is 0.155. The van der Waals surface area contributed by atoms with Gasteiger partial charge in [-0.2, -0.15) is 13.2 Å². The first-order chi connectivity index (χ1) is 18.4. The Kier molecular flexibility index (Phi) is 9.39. The van der Waals surface area contributed by atoms with Gasteiger partial charge in [0.25, 0.3) is 5.91 Å². The molecule has 0 saturated carbocycles. The minimum Gasteiger partial charge on any atom is -0.497 e. The molecule has 2 aromatic carbocycles. The van der Waals surface area contributed by atoms with Crippen molar-refractivity contribution in [2.75, 3.05) is 18.6 Å². The molecule has 1 aromatic heterocycles. The molecule has 0 bridgehead atoms. The Balaban J connectivity index is 2.13. The van der Waals surface area contributed by atoms with E-state index in [9.17, 15) is 27.6 Å². The summed E-state index contributed by atoms with van der Waals surface area (Å²) in [5.74, 6) is -1.51. The third kappa shape index (κ3) is 7.60. The van der Waals surface area contributed by atoms with Gasteiger partial charge in [0, 0.05) is 11.2 Å². The number of carbonyl (C=O) groups is 3. The molecule has 2 N–H and O–H groups in total. The highest BCUT2D eigenvalue weighted by atomic mass is 32.1. The number of carbonyl (C=O) groups excluding carboxylic acids is 3. The highest BCUT2D eigenvalue weighted by Gasteiger charge is 2.37. The second-order valence-electron chi connectivity index (χ2n) is 9.38. The van der Waals surface area contributed by atoms with E-state index < -0.39 is 47.6 Å². The summed E-state index contributed by atoms with van der Waals surface area (Å²) in [6, 6.07) is 12.4. The van der Waals surface area contributed by atoms with Crippen LogP contribution in [0.25, 0.3) is 0 Å². The van der Waals surface area contributed by atoms with Crippen molar-refractivity contribution < 1.29 is 32.3 Å². The quantitative estimate of drug-likeness (QED) is 0.338. The molecule has 3 aromatic rings. The van der Waals surface area contributed by atoms with Crippen molar-refractivity contribution in [3.63, 3.8) is 0 Å². The maximum Gasteiger partial charge on any atom is 0.416 e. The van der Waals surface area contributed by atoms with Crippen molar-refractivity contribution >= 4 is 34.7 Å². The van der Waals surface area contributed by atoms with E-state index in [0.29, 0.717) is 22.6 Å². The number of thiophene rings is 1. The molecule has 208 valence electrons. The fraction of sp³-hybridized carbons (Fsp3) is 0.321. The largest absolute Gasteiger partial charge is 0.497 e. The molecule has 0 fully saturated rings. The molecule has 0 saturated heterocycles. The van der Waals surface area contributed by atoms with Crippen LogP contribution in [0, 0.1) is 0 Å². The Morgan fingerprint density at radius 1 is 1.03 bits per heavy atom. The lowest BCUT2D eigenvalue weighted by Crippen LogP contribution is -2.52. The lowest BCUT2D eigenvalue weighted by molar-refractivity contribution is -0.137. The maximum absolute atomic E-state index is 13.8. The zero-order chi connectivity index (χ0) is 28.8. The first-order valence-corrected chi connectivity index (χ1v) is 13.0. The highest BCUT2D eigenvalue weighted by molar-refractivity contribution is 7.12. The van der Waals surface area contributed by atoms with Gasteiger partial charge in [-0.05, 0) is 67.6 Å². The molecule has 7 nitrogen and oxygen atoms in total.